The quantitative estimate of drug-likeness (QED) is 0.410. The van der Waals surface area contributed by atoms with Gasteiger partial charge in [-0.15, -0.1) is 9.81 Å². The van der Waals surface area contributed by atoms with Crippen LogP contribution in [0.15, 0.2) is 10.7 Å². The van der Waals surface area contributed by atoms with Crippen molar-refractivity contribution in [1.29, 1.82) is 0 Å². The van der Waals surface area contributed by atoms with E-state index in [-0.39, 0.29) is 12.0 Å². The van der Waals surface area contributed by atoms with Crippen molar-refractivity contribution in [3.8, 4) is 0 Å². The summed E-state index contributed by atoms with van der Waals surface area (Å²) < 4.78 is 0. The Bertz CT molecular complexity index is 141. The summed E-state index contributed by atoms with van der Waals surface area (Å²) in [6.07, 6.45) is 0.105. The van der Waals surface area contributed by atoms with Crippen LogP contribution in [-0.2, 0) is 0 Å². The third-order valence-corrected chi connectivity index (χ3v) is 1.06. The molecule has 8 nitrogen and oxygen atoms in total. The van der Waals surface area contributed by atoms with Gasteiger partial charge in [-0.05, 0) is 11.8 Å². The van der Waals surface area contributed by atoms with Crippen LogP contribution in [0.1, 0.15) is 27.2 Å². The van der Waals surface area contributed by atoms with Crippen LogP contribution in [0.4, 0.5) is 0 Å². The number of rotatable bonds is 2. The molecule has 4 N–H and O–H groups in total. The molecule has 0 aromatic rings. The lowest BCUT2D eigenvalue weighted by atomic mass is 9.89. The van der Waals surface area contributed by atoms with Crippen molar-refractivity contribution in [3.63, 3.8) is 0 Å². The number of aliphatic hydroxyl groups excluding tert-OH is 2. The molecule has 0 bridgehead atoms. The van der Waals surface area contributed by atoms with Gasteiger partial charge in [-0.1, -0.05) is 20.8 Å². The standard InChI is InChI=1S/C7H16O2.2HNO2/c1-7(2,3)4-6(9)5-8;2*2-1-3/h6,8-9H,4-5H2,1-3H3;2*(H,2,3). The first kappa shape index (κ1) is 19.3. The SMILES string of the molecule is CC(C)(C)CC(O)CO.O=NO.O=NO. The Morgan fingerprint density at radius 2 is 1.40 bits per heavy atom. The smallest absolute Gasteiger partial charge is 0.152 e. The van der Waals surface area contributed by atoms with Crippen molar-refractivity contribution in [1.82, 2.24) is 0 Å². The fourth-order valence-electron chi connectivity index (χ4n) is 0.771. The molecule has 0 heterocycles. The molecule has 0 fully saturated rings. The number of aliphatic hydroxyl groups is 2. The van der Waals surface area contributed by atoms with Crippen LogP contribution in [0.3, 0.4) is 0 Å². The first-order valence-electron chi connectivity index (χ1n) is 4.01. The maximum absolute atomic E-state index is 8.94. The van der Waals surface area contributed by atoms with Crippen LogP contribution >= 0.6 is 0 Å². The second kappa shape index (κ2) is 12.7. The summed E-state index contributed by atoms with van der Waals surface area (Å²) >= 11 is 0. The molecule has 1 unspecified atom stereocenters. The number of nitrogens with zero attached hydrogens (tertiary/aromatic N) is 2. The van der Waals surface area contributed by atoms with E-state index < -0.39 is 6.10 Å². The maximum Gasteiger partial charge on any atom is 0.152 e. The molecule has 0 aromatic heterocycles. The zero-order chi connectivity index (χ0) is 12.9. The Morgan fingerprint density at radius 3 is 1.47 bits per heavy atom. The van der Waals surface area contributed by atoms with Gasteiger partial charge >= 0.3 is 0 Å². The summed E-state index contributed by atoms with van der Waals surface area (Å²) in [5.41, 5.74) is 0.113. The van der Waals surface area contributed by atoms with E-state index in [0.29, 0.717) is 6.42 Å². The highest BCUT2D eigenvalue weighted by atomic mass is 16.6. The van der Waals surface area contributed by atoms with E-state index in [0.717, 1.165) is 0 Å². The normalized spacial score (nSPS) is 11.0. The molecule has 8 heteroatoms. The predicted molar refractivity (Wildman–Crippen MR) is 52.3 cm³/mol. The van der Waals surface area contributed by atoms with E-state index in [1.807, 2.05) is 20.8 Å². The van der Waals surface area contributed by atoms with Gasteiger partial charge in [-0.3, -0.25) is 0 Å². The van der Waals surface area contributed by atoms with Crippen LogP contribution in [-0.4, -0.2) is 33.3 Å². The molecule has 0 rings (SSSR count). The van der Waals surface area contributed by atoms with Crippen LogP contribution in [0.5, 0.6) is 0 Å². The molecule has 15 heavy (non-hydrogen) atoms. The predicted octanol–water partition coefficient (Wildman–Crippen LogP) is 1.06. The first-order chi connectivity index (χ1) is 6.78. The fraction of sp³-hybridized carbons (Fsp3) is 1.00. The van der Waals surface area contributed by atoms with E-state index in [1.165, 1.54) is 10.7 Å². The Morgan fingerprint density at radius 1 is 1.13 bits per heavy atom. The highest BCUT2D eigenvalue weighted by Crippen LogP contribution is 2.20. The lowest BCUT2D eigenvalue weighted by molar-refractivity contribution is 0.0612. The van der Waals surface area contributed by atoms with E-state index in [1.54, 1.807) is 0 Å². The van der Waals surface area contributed by atoms with Crippen molar-refractivity contribution < 1.29 is 20.6 Å². The molecule has 0 aliphatic rings. The zero-order valence-corrected chi connectivity index (χ0v) is 8.99. The summed E-state index contributed by atoms with van der Waals surface area (Å²) in [4.78, 5) is 16.2. The minimum absolute atomic E-state index is 0.113. The minimum Gasteiger partial charge on any atom is -0.394 e. The molecule has 1 atom stereocenters. The van der Waals surface area contributed by atoms with Gasteiger partial charge in [0.05, 0.1) is 12.7 Å². The summed E-state index contributed by atoms with van der Waals surface area (Å²) in [5.74, 6) is 0. The summed E-state index contributed by atoms with van der Waals surface area (Å²) in [6.45, 7) is 5.97. The van der Waals surface area contributed by atoms with Crippen molar-refractivity contribution in [3.05, 3.63) is 9.81 Å². The molecule has 0 saturated heterocycles. The van der Waals surface area contributed by atoms with Crippen molar-refractivity contribution >= 4 is 0 Å². The highest BCUT2D eigenvalue weighted by molar-refractivity contribution is 4.66. The van der Waals surface area contributed by atoms with E-state index >= 15 is 0 Å². The van der Waals surface area contributed by atoms with Gasteiger partial charge in [0.1, 0.15) is 0 Å². The second-order valence-electron chi connectivity index (χ2n) is 3.76. The molecular formula is C7H18N2O6. The Balaban J connectivity index is -0.000000200. The van der Waals surface area contributed by atoms with Gasteiger partial charge < -0.3 is 20.6 Å². The molecule has 92 valence electrons. The molecular weight excluding hydrogens is 208 g/mol. The van der Waals surface area contributed by atoms with E-state index in [2.05, 4.69) is 0 Å². The van der Waals surface area contributed by atoms with Gasteiger partial charge in [0.2, 0.25) is 0 Å². The first-order valence-corrected chi connectivity index (χ1v) is 4.01. The molecule has 0 aliphatic heterocycles. The third-order valence-electron chi connectivity index (χ3n) is 1.06. The van der Waals surface area contributed by atoms with E-state index in [4.69, 9.17) is 30.4 Å². The molecule has 0 spiro atoms. The van der Waals surface area contributed by atoms with Gasteiger partial charge in [-0.2, -0.15) is 0 Å². The van der Waals surface area contributed by atoms with Crippen LogP contribution in [0, 0.1) is 15.2 Å². The average molecular weight is 226 g/mol. The van der Waals surface area contributed by atoms with Gasteiger partial charge in [-0.25, -0.2) is 0 Å². The minimum atomic E-state index is -0.551. The second-order valence-corrected chi connectivity index (χ2v) is 3.76. The van der Waals surface area contributed by atoms with Crippen LogP contribution < -0.4 is 0 Å². The third kappa shape index (κ3) is 44.7. The Labute approximate surface area is 87.4 Å². The van der Waals surface area contributed by atoms with E-state index in [9.17, 15) is 0 Å². The van der Waals surface area contributed by atoms with Gasteiger partial charge in [0, 0.05) is 0 Å². The number of hydrogen-bond donors (Lipinski definition) is 4. The molecule has 0 amide bonds. The van der Waals surface area contributed by atoms with Crippen LogP contribution in [0.2, 0.25) is 0 Å². The summed E-state index contributed by atoms with van der Waals surface area (Å²) in [7, 11) is 0. The fourth-order valence-corrected chi connectivity index (χ4v) is 0.771. The summed E-state index contributed by atoms with van der Waals surface area (Å²) in [5, 5.41) is 33.2. The maximum atomic E-state index is 8.94. The van der Waals surface area contributed by atoms with Crippen molar-refractivity contribution in [2.24, 2.45) is 16.1 Å². The molecule has 0 aliphatic carbocycles. The Kier molecular flexibility index (Phi) is 16.4. The molecule has 0 aromatic carbocycles. The number of hydrogen-bond acceptors (Lipinski definition) is 6. The van der Waals surface area contributed by atoms with Crippen molar-refractivity contribution in [2.45, 2.75) is 33.3 Å². The van der Waals surface area contributed by atoms with Crippen molar-refractivity contribution in [2.75, 3.05) is 6.61 Å². The lowest BCUT2D eigenvalue weighted by Crippen LogP contribution is -2.20. The highest BCUT2D eigenvalue weighted by Gasteiger charge is 2.15. The Hall–Kier alpha value is -1.28. The summed E-state index contributed by atoms with van der Waals surface area (Å²) in [6, 6.07) is 0. The molecule has 0 saturated carbocycles. The molecule has 0 radical (unpaired) electrons. The lowest BCUT2D eigenvalue weighted by Gasteiger charge is -2.20. The largest absolute Gasteiger partial charge is 0.394 e. The topological polar surface area (TPSA) is 140 Å². The van der Waals surface area contributed by atoms with Gasteiger partial charge in [0.25, 0.3) is 0 Å². The zero-order valence-electron chi connectivity index (χ0n) is 8.99. The van der Waals surface area contributed by atoms with Gasteiger partial charge in [0.15, 0.2) is 10.7 Å². The monoisotopic (exact) mass is 226 g/mol. The van der Waals surface area contributed by atoms with Crippen LogP contribution in [0.25, 0.3) is 0 Å². The average Bonchev–Trinajstić information content (AvgIpc) is 2.04.